The Bertz CT molecular complexity index is 1470. The summed E-state index contributed by atoms with van der Waals surface area (Å²) in [6, 6.07) is 14.0. The summed E-state index contributed by atoms with van der Waals surface area (Å²) < 4.78 is 42.1. The maximum Gasteiger partial charge on any atom is 0.433 e. The number of carbonyl (C=O) groups excluding carboxylic acids is 1. The van der Waals surface area contributed by atoms with Crippen molar-refractivity contribution in [1.82, 2.24) is 14.6 Å². The van der Waals surface area contributed by atoms with Crippen LogP contribution in [0.2, 0.25) is 0 Å². The lowest BCUT2D eigenvalue weighted by molar-refractivity contribution is -0.142. The third kappa shape index (κ3) is 4.85. The van der Waals surface area contributed by atoms with E-state index in [1.807, 2.05) is 26.0 Å². The van der Waals surface area contributed by atoms with Crippen molar-refractivity contribution in [2.45, 2.75) is 32.9 Å². The number of anilines is 1. The maximum atomic E-state index is 13.9. The number of nitrogens with zero attached hydrogens (tertiary/aromatic N) is 4. The minimum Gasteiger partial charge on any atom is -0.398 e. The Morgan fingerprint density at radius 2 is 1.81 bits per heavy atom. The lowest BCUT2D eigenvalue weighted by atomic mass is 10.0. The number of hydrogen-bond acceptors (Lipinski definition) is 6. The molecule has 186 valence electrons. The molecule has 4 aromatic rings. The minimum atomic E-state index is -4.76. The van der Waals surface area contributed by atoms with Gasteiger partial charge in [0.25, 0.3) is 0 Å². The molecule has 0 amide bonds. The van der Waals surface area contributed by atoms with Crippen LogP contribution in [0.5, 0.6) is 0 Å². The van der Waals surface area contributed by atoms with Crippen LogP contribution in [0.1, 0.15) is 52.6 Å². The molecule has 11 heteroatoms. The summed E-state index contributed by atoms with van der Waals surface area (Å²) >= 11 is 0. The molecule has 4 N–H and O–H groups in total. The van der Waals surface area contributed by atoms with Gasteiger partial charge >= 0.3 is 12.1 Å². The molecule has 0 saturated carbocycles. The smallest absolute Gasteiger partial charge is 0.398 e. The van der Waals surface area contributed by atoms with Crippen LogP contribution in [0.15, 0.2) is 59.8 Å². The Hall–Kier alpha value is -4.41. The molecule has 0 aliphatic heterocycles. The van der Waals surface area contributed by atoms with Gasteiger partial charge in [-0.05, 0) is 36.1 Å². The summed E-state index contributed by atoms with van der Waals surface area (Å²) in [5.74, 6) is -0.956. The van der Waals surface area contributed by atoms with Gasteiger partial charge in [0.2, 0.25) is 0 Å². The van der Waals surface area contributed by atoms with E-state index in [1.165, 1.54) is 0 Å². The number of carbonyl (C=O) groups is 1. The van der Waals surface area contributed by atoms with Gasteiger partial charge in [-0.3, -0.25) is 0 Å². The molecular weight excluding hydrogens is 473 g/mol. The van der Waals surface area contributed by atoms with Crippen molar-refractivity contribution >= 4 is 23.1 Å². The van der Waals surface area contributed by atoms with Crippen LogP contribution in [0, 0.1) is 6.92 Å². The van der Waals surface area contributed by atoms with Gasteiger partial charge in [0.1, 0.15) is 0 Å². The number of halogens is 3. The zero-order valence-corrected chi connectivity index (χ0v) is 19.7. The molecule has 2 aromatic heterocycles. The number of alkyl halides is 3. The highest BCUT2D eigenvalue weighted by molar-refractivity contribution is 6.00. The fourth-order valence-corrected chi connectivity index (χ4v) is 3.58. The zero-order valence-electron chi connectivity index (χ0n) is 19.7. The van der Waals surface area contributed by atoms with Crippen molar-refractivity contribution in [3.63, 3.8) is 0 Å². The molecule has 2 aromatic carbocycles. The normalized spacial score (nSPS) is 12.4. The van der Waals surface area contributed by atoms with Crippen molar-refractivity contribution < 1.29 is 22.8 Å². The predicted octanol–water partition coefficient (Wildman–Crippen LogP) is 4.91. The average molecular weight is 496 g/mol. The van der Waals surface area contributed by atoms with Gasteiger partial charge in [-0.1, -0.05) is 55.4 Å². The standard InChI is InChI=1S/C25H23F3N6O2/c1-13(2)15-7-9-16(10-8-15)19-11-21(25(26,27)28)34-22(31-19)12-20(32-34)24(35)36-33-23(30)17-5-4-6-18(29)14(17)3/h4-13H,29H2,1-3H3,(H2,30,33). The SMILES string of the molecule is Cc1c(N)cccc1/C(N)=N/OC(=O)c1cc2nc(-c3ccc(C(C)C)cc3)cc(C(F)(F)F)n2n1. The number of nitrogens with two attached hydrogens (primary N) is 2. The number of benzene rings is 2. The van der Waals surface area contributed by atoms with Crippen LogP contribution in [-0.2, 0) is 11.0 Å². The lowest BCUT2D eigenvalue weighted by Gasteiger charge is -2.11. The largest absolute Gasteiger partial charge is 0.433 e. The van der Waals surface area contributed by atoms with Gasteiger partial charge in [0, 0.05) is 22.9 Å². The second-order valence-electron chi connectivity index (χ2n) is 8.48. The van der Waals surface area contributed by atoms with E-state index in [1.54, 1.807) is 37.3 Å². The highest BCUT2D eigenvalue weighted by Gasteiger charge is 2.36. The Morgan fingerprint density at radius 3 is 2.44 bits per heavy atom. The second kappa shape index (κ2) is 9.33. The Balaban J connectivity index is 1.69. The first-order valence-corrected chi connectivity index (χ1v) is 10.9. The van der Waals surface area contributed by atoms with Crippen LogP contribution < -0.4 is 11.5 Å². The van der Waals surface area contributed by atoms with E-state index in [0.717, 1.165) is 17.7 Å². The number of amidine groups is 1. The van der Waals surface area contributed by atoms with Crippen LogP contribution in [-0.4, -0.2) is 26.4 Å². The summed E-state index contributed by atoms with van der Waals surface area (Å²) in [6.45, 7) is 5.75. The average Bonchev–Trinajstić information content (AvgIpc) is 3.27. The third-order valence-corrected chi connectivity index (χ3v) is 5.68. The zero-order chi connectivity index (χ0) is 26.2. The number of hydrogen-bond donors (Lipinski definition) is 2. The third-order valence-electron chi connectivity index (χ3n) is 5.68. The summed E-state index contributed by atoms with van der Waals surface area (Å²) in [5, 5.41) is 7.36. The fraction of sp³-hybridized carbons (Fsp3) is 0.200. The summed E-state index contributed by atoms with van der Waals surface area (Å²) in [7, 11) is 0. The van der Waals surface area contributed by atoms with Crippen molar-refractivity contribution in [2.75, 3.05) is 5.73 Å². The van der Waals surface area contributed by atoms with Crippen molar-refractivity contribution in [1.29, 1.82) is 0 Å². The number of fused-ring (bicyclic) bond motifs is 1. The highest BCUT2D eigenvalue weighted by atomic mass is 19.4. The molecule has 0 fully saturated rings. The first-order chi connectivity index (χ1) is 17.0. The quantitative estimate of drug-likeness (QED) is 0.133. The van der Waals surface area contributed by atoms with E-state index in [4.69, 9.17) is 16.3 Å². The van der Waals surface area contributed by atoms with Gasteiger partial charge in [-0.25, -0.2) is 14.3 Å². The molecule has 0 radical (unpaired) electrons. The minimum absolute atomic E-state index is 0.0874. The Labute approximate surface area is 204 Å². The summed E-state index contributed by atoms with van der Waals surface area (Å²) in [6.07, 6.45) is -4.76. The monoisotopic (exact) mass is 496 g/mol. The second-order valence-corrected chi connectivity index (χ2v) is 8.48. The first-order valence-electron chi connectivity index (χ1n) is 10.9. The van der Waals surface area contributed by atoms with E-state index in [-0.39, 0.29) is 23.1 Å². The van der Waals surface area contributed by atoms with E-state index in [9.17, 15) is 18.0 Å². The van der Waals surface area contributed by atoms with Crippen molar-refractivity contribution in [2.24, 2.45) is 10.9 Å². The van der Waals surface area contributed by atoms with Crippen LogP contribution in [0.3, 0.4) is 0 Å². The first kappa shape index (κ1) is 24.7. The molecule has 0 bridgehead atoms. The summed E-state index contributed by atoms with van der Waals surface area (Å²) in [4.78, 5) is 21.6. The number of nitrogen functional groups attached to an aromatic ring is 1. The Kier molecular flexibility index (Phi) is 6.40. The molecule has 0 aliphatic rings. The van der Waals surface area contributed by atoms with Gasteiger partial charge in [0.05, 0.1) is 5.69 Å². The molecule has 0 atom stereocenters. The molecule has 0 saturated heterocycles. The number of aromatic nitrogens is 3. The molecule has 0 spiro atoms. The summed E-state index contributed by atoms with van der Waals surface area (Å²) in [5.41, 5.74) is 13.2. The lowest BCUT2D eigenvalue weighted by Crippen LogP contribution is -2.17. The topological polar surface area (TPSA) is 121 Å². The van der Waals surface area contributed by atoms with E-state index >= 15 is 0 Å². The number of rotatable bonds is 5. The van der Waals surface area contributed by atoms with E-state index < -0.39 is 23.5 Å². The molecule has 8 nitrogen and oxygen atoms in total. The van der Waals surface area contributed by atoms with Gasteiger partial charge in [-0.2, -0.15) is 18.3 Å². The molecule has 0 aliphatic carbocycles. The molecule has 4 rings (SSSR count). The predicted molar refractivity (Wildman–Crippen MR) is 129 cm³/mol. The van der Waals surface area contributed by atoms with Crippen LogP contribution in [0.25, 0.3) is 16.9 Å². The van der Waals surface area contributed by atoms with E-state index in [0.29, 0.717) is 26.9 Å². The van der Waals surface area contributed by atoms with Crippen molar-refractivity contribution in [3.05, 3.63) is 82.7 Å². The Morgan fingerprint density at radius 1 is 1.11 bits per heavy atom. The van der Waals surface area contributed by atoms with E-state index in [2.05, 4.69) is 15.2 Å². The molecule has 2 heterocycles. The van der Waals surface area contributed by atoms with Crippen molar-refractivity contribution in [3.8, 4) is 11.3 Å². The number of oxime groups is 1. The van der Waals surface area contributed by atoms with Crippen LogP contribution in [0.4, 0.5) is 18.9 Å². The maximum absolute atomic E-state index is 13.9. The van der Waals surface area contributed by atoms with Gasteiger partial charge in [0.15, 0.2) is 22.9 Å². The van der Waals surface area contributed by atoms with Gasteiger partial charge < -0.3 is 16.3 Å². The highest BCUT2D eigenvalue weighted by Crippen LogP contribution is 2.32. The molecular formula is C25H23F3N6O2. The van der Waals surface area contributed by atoms with Gasteiger partial charge in [-0.15, -0.1) is 0 Å². The fourth-order valence-electron chi connectivity index (χ4n) is 3.58. The van der Waals surface area contributed by atoms with Crippen LogP contribution >= 0.6 is 0 Å². The molecule has 36 heavy (non-hydrogen) atoms. The molecule has 0 unspecified atom stereocenters.